The summed E-state index contributed by atoms with van der Waals surface area (Å²) in [4.78, 5) is 11.9. The molecule has 0 aromatic heterocycles. The minimum absolute atomic E-state index is 0.0954. The molecule has 0 fully saturated rings. The number of nitrogens with zero attached hydrogens (tertiary/aromatic N) is 1. The minimum Gasteiger partial charge on any atom is -0.326 e. The molecule has 0 unspecified atom stereocenters. The number of sulfonamides is 2. The summed E-state index contributed by atoms with van der Waals surface area (Å²) in [6.07, 6.45) is 0.863. The molecule has 0 saturated carbocycles. The van der Waals surface area contributed by atoms with Crippen LogP contribution in [0.2, 0.25) is 0 Å². The fourth-order valence-electron chi connectivity index (χ4n) is 4.03. The first-order chi connectivity index (χ1) is 16.6. The number of benzene rings is 3. The zero-order chi connectivity index (χ0) is 25.2. The molecule has 0 bridgehead atoms. The Morgan fingerprint density at radius 2 is 1.63 bits per heavy atom. The van der Waals surface area contributed by atoms with Gasteiger partial charge in [0.05, 0.1) is 9.79 Å². The van der Waals surface area contributed by atoms with Crippen molar-refractivity contribution < 1.29 is 21.6 Å². The van der Waals surface area contributed by atoms with E-state index in [1.807, 2.05) is 6.07 Å². The summed E-state index contributed by atoms with van der Waals surface area (Å²) in [5, 5.41) is 2.72. The quantitative estimate of drug-likeness (QED) is 0.498. The highest BCUT2D eigenvalue weighted by molar-refractivity contribution is 7.92. The van der Waals surface area contributed by atoms with E-state index in [-0.39, 0.29) is 22.2 Å². The number of carbonyl (C=O) groups excluding carboxylic acids is 1. The molecule has 184 valence electrons. The van der Waals surface area contributed by atoms with Crippen LogP contribution in [0.4, 0.5) is 11.4 Å². The minimum atomic E-state index is -3.90. The van der Waals surface area contributed by atoms with Gasteiger partial charge in [0.15, 0.2) is 0 Å². The summed E-state index contributed by atoms with van der Waals surface area (Å²) in [5.74, 6) is -0.157. The van der Waals surface area contributed by atoms with Gasteiger partial charge in [0.25, 0.3) is 10.0 Å². The second-order valence-electron chi connectivity index (χ2n) is 8.37. The maximum absolute atomic E-state index is 13.1. The summed E-state index contributed by atoms with van der Waals surface area (Å²) < 4.78 is 56.3. The Kier molecular flexibility index (Phi) is 6.98. The number of amides is 1. The van der Waals surface area contributed by atoms with Crippen LogP contribution in [0.5, 0.6) is 0 Å². The smallest absolute Gasteiger partial charge is 0.262 e. The summed E-state index contributed by atoms with van der Waals surface area (Å²) in [6, 6.07) is 18.1. The molecule has 4 rings (SSSR count). The number of rotatable bonds is 7. The summed E-state index contributed by atoms with van der Waals surface area (Å²) in [7, 11) is -7.55. The number of hydrogen-bond donors (Lipinski definition) is 2. The van der Waals surface area contributed by atoms with Crippen molar-refractivity contribution in [3.8, 4) is 0 Å². The van der Waals surface area contributed by atoms with E-state index in [9.17, 15) is 21.6 Å². The van der Waals surface area contributed by atoms with Crippen molar-refractivity contribution in [2.24, 2.45) is 0 Å². The molecule has 1 aliphatic rings. The number of carbonyl (C=O) groups is 1. The van der Waals surface area contributed by atoms with Crippen LogP contribution in [0.15, 0.2) is 76.5 Å². The van der Waals surface area contributed by atoms with Crippen LogP contribution >= 0.6 is 0 Å². The fraction of sp³-hybridized carbons (Fsp3) is 0.240. The maximum Gasteiger partial charge on any atom is 0.262 e. The van der Waals surface area contributed by atoms with Crippen molar-refractivity contribution in [3.63, 3.8) is 0 Å². The highest BCUT2D eigenvalue weighted by atomic mass is 32.2. The van der Waals surface area contributed by atoms with Gasteiger partial charge < -0.3 is 5.32 Å². The number of fused-ring (bicyclic) bond motifs is 1. The Morgan fingerprint density at radius 1 is 0.914 bits per heavy atom. The first-order valence-electron chi connectivity index (χ1n) is 11.2. The number of nitrogens with one attached hydrogen (secondary N) is 2. The second kappa shape index (κ2) is 9.80. The van der Waals surface area contributed by atoms with Gasteiger partial charge in [-0.3, -0.25) is 9.52 Å². The first kappa shape index (κ1) is 24.9. The predicted molar refractivity (Wildman–Crippen MR) is 135 cm³/mol. The van der Waals surface area contributed by atoms with Gasteiger partial charge in [-0.1, -0.05) is 31.2 Å². The lowest BCUT2D eigenvalue weighted by molar-refractivity contribution is -0.115. The van der Waals surface area contributed by atoms with Crippen molar-refractivity contribution in [3.05, 3.63) is 83.4 Å². The van der Waals surface area contributed by atoms with E-state index in [2.05, 4.69) is 10.0 Å². The molecule has 0 saturated heterocycles. The van der Waals surface area contributed by atoms with Crippen LogP contribution in [-0.4, -0.2) is 33.6 Å². The van der Waals surface area contributed by atoms with Gasteiger partial charge in [0.2, 0.25) is 15.9 Å². The van der Waals surface area contributed by atoms with Gasteiger partial charge in [-0.25, -0.2) is 16.8 Å². The molecule has 2 N–H and O–H groups in total. The van der Waals surface area contributed by atoms with Gasteiger partial charge in [0.1, 0.15) is 0 Å². The van der Waals surface area contributed by atoms with Crippen molar-refractivity contribution in [1.82, 2.24) is 4.31 Å². The largest absolute Gasteiger partial charge is 0.326 e. The SMILES string of the molecule is CCC(=O)Nc1ccc(S(=O)(=O)Nc2ccc3c(c2)CN(S(=O)(=O)c2ccccc2)CC3)c(C)c1. The lowest BCUT2D eigenvalue weighted by atomic mass is 10.0. The van der Waals surface area contributed by atoms with Gasteiger partial charge in [-0.2, -0.15) is 4.31 Å². The molecular formula is C25H27N3O5S2. The predicted octanol–water partition coefficient (Wildman–Crippen LogP) is 3.89. The van der Waals surface area contributed by atoms with Crippen LogP contribution in [0.1, 0.15) is 30.0 Å². The van der Waals surface area contributed by atoms with Crippen LogP contribution in [-0.2, 0) is 37.8 Å². The van der Waals surface area contributed by atoms with E-state index in [1.165, 1.54) is 10.4 Å². The van der Waals surface area contributed by atoms with Crippen molar-refractivity contribution >= 4 is 37.3 Å². The van der Waals surface area contributed by atoms with E-state index in [0.717, 1.165) is 11.1 Å². The molecule has 1 amide bonds. The molecule has 3 aromatic carbocycles. The topological polar surface area (TPSA) is 113 Å². The average molecular weight is 514 g/mol. The van der Waals surface area contributed by atoms with E-state index < -0.39 is 20.0 Å². The molecule has 10 heteroatoms. The second-order valence-corrected chi connectivity index (χ2v) is 12.0. The molecule has 0 spiro atoms. The Hall–Kier alpha value is -3.21. The molecule has 3 aromatic rings. The van der Waals surface area contributed by atoms with Gasteiger partial charge in [-0.15, -0.1) is 0 Å². The normalized spacial score (nSPS) is 14.2. The van der Waals surface area contributed by atoms with Crippen molar-refractivity contribution in [2.45, 2.75) is 43.0 Å². The molecule has 8 nitrogen and oxygen atoms in total. The Labute approximate surface area is 206 Å². The summed E-state index contributed by atoms with van der Waals surface area (Å²) in [6.45, 7) is 3.91. The van der Waals surface area contributed by atoms with Crippen LogP contribution < -0.4 is 10.0 Å². The van der Waals surface area contributed by atoms with E-state index in [4.69, 9.17) is 0 Å². The Morgan fingerprint density at radius 3 is 2.31 bits per heavy atom. The third-order valence-corrected chi connectivity index (χ3v) is 9.29. The molecular weight excluding hydrogens is 486 g/mol. The van der Waals surface area contributed by atoms with E-state index in [1.54, 1.807) is 68.4 Å². The fourth-order valence-corrected chi connectivity index (χ4v) is 6.75. The van der Waals surface area contributed by atoms with E-state index in [0.29, 0.717) is 36.3 Å². The van der Waals surface area contributed by atoms with Crippen LogP contribution in [0.25, 0.3) is 0 Å². The summed E-state index contributed by atoms with van der Waals surface area (Å²) >= 11 is 0. The third-order valence-electron chi connectivity index (χ3n) is 5.89. The highest BCUT2D eigenvalue weighted by Crippen LogP contribution is 2.29. The molecule has 1 aliphatic heterocycles. The zero-order valence-electron chi connectivity index (χ0n) is 19.5. The average Bonchev–Trinajstić information content (AvgIpc) is 2.83. The standard InChI is InChI=1S/C25H27N3O5S2/c1-3-25(29)26-21-11-12-24(18(2)15-21)34(30,31)27-22-10-9-19-13-14-28(17-20(19)16-22)35(32,33)23-7-5-4-6-8-23/h4-12,15-16,27H,3,13-14,17H2,1-2H3,(H,26,29). The first-order valence-corrected chi connectivity index (χ1v) is 14.1. The van der Waals surface area contributed by atoms with Crippen LogP contribution in [0.3, 0.4) is 0 Å². The van der Waals surface area contributed by atoms with E-state index >= 15 is 0 Å². The molecule has 0 atom stereocenters. The highest BCUT2D eigenvalue weighted by Gasteiger charge is 2.28. The number of aryl methyl sites for hydroxylation is 1. The van der Waals surface area contributed by atoms with Gasteiger partial charge in [0, 0.05) is 30.9 Å². The lowest BCUT2D eigenvalue weighted by Crippen LogP contribution is -2.36. The molecule has 0 aliphatic carbocycles. The monoisotopic (exact) mass is 513 g/mol. The van der Waals surface area contributed by atoms with Crippen molar-refractivity contribution in [1.29, 1.82) is 0 Å². The summed E-state index contributed by atoms with van der Waals surface area (Å²) in [5.41, 5.74) is 3.11. The number of hydrogen-bond acceptors (Lipinski definition) is 5. The lowest BCUT2D eigenvalue weighted by Gasteiger charge is -2.28. The van der Waals surface area contributed by atoms with Gasteiger partial charge in [-0.05, 0) is 72.5 Å². The Bertz CT molecular complexity index is 1470. The number of anilines is 2. The van der Waals surface area contributed by atoms with Gasteiger partial charge >= 0.3 is 0 Å². The third kappa shape index (κ3) is 5.39. The maximum atomic E-state index is 13.1. The Balaban J connectivity index is 1.55. The molecule has 0 radical (unpaired) electrons. The van der Waals surface area contributed by atoms with Crippen molar-refractivity contribution in [2.75, 3.05) is 16.6 Å². The van der Waals surface area contributed by atoms with Crippen LogP contribution in [0, 0.1) is 6.92 Å². The molecule has 1 heterocycles. The zero-order valence-corrected chi connectivity index (χ0v) is 21.1. The molecule has 35 heavy (non-hydrogen) atoms.